The summed E-state index contributed by atoms with van der Waals surface area (Å²) in [6.07, 6.45) is 0. The number of rotatable bonds is 6. The first-order valence-corrected chi connectivity index (χ1v) is 7.23. The molecule has 0 amide bonds. The molecule has 0 saturated heterocycles. The largest absolute Gasteiger partial charge is 0.492 e. The Morgan fingerprint density at radius 2 is 2.00 bits per heavy atom. The lowest BCUT2D eigenvalue weighted by Gasteiger charge is -2.14. The maximum atomic E-state index is 11.5. The molecule has 8 nitrogen and oxygen atoms in total. The fourth-order valence-corrected chi connectivity index (χ4v) is 2.17. The van der Waals surface area contributed by atoms with Crippen molar-refractivity contribution in [2.24, 2.45) is 11.1 Å². The van der Waals surface area contributed by atoms with E-state index in [1.165, 1.54) is 7.11 Å². The van der Waals surface area contributed by atoms with E-state index in [4.69, 9.17) is 14.6 Å². The normalized spacial score (nSPS) is 11.4. The van der Waals surface area contributed by atoms with E-state index < -0.39 is 25.5 Å². The molecule has 1 aromatic rings. The van der Waals surface area contributed by atoms with Crippen LogP contribution in [0.2, 0.25) is 0 Å². The third kappa shape index (κ3) is 3.81. The Balaban J connectivity index is 3.47. The summed E-state index contributed by atoms with van der Waals surface area (Å²) in [6.45, 7) is 4.01. The van der Waals surface area contributed by atoms with Gasteiger partial charge in [0.25, 0.3) is 5.69 Å². The Hall–Kier alpha value is -1.87. The molecular weight excluding hydrogens is 288 g/mol. The van der Waals surface area contributed by atoms with Crippen LogP contribution in [0.15, 0.2) is 17.0 Å². The van der Waals surface area contributed by atoms with E-state index in [9.17, 15) is 18.5 Å². The smallest absolute Gasteiger partial charge is 0.274 e. The van der Waals surface area contributed by atoms with Gasteiger partial charge in [0.1, 0.15) is 4.90 Å². The number of hydrogen-bond donors (Lipinski definition) is 1. The first-order valence-electron chi connectivity index (χ1n) is 5.68. The molecule has 0 aliphatic rings. The second-order valence-electron chi connectivity index (χ2n) is 4.48. The predicted octanol–water partition coefficient (Wildman–Crippen LogP) is 1.29. The van der Waals surface area contributed by atoms with Gasteiger partial charge in [-0.25, -0.2) is 13.6 Å². The third-order valence-corrected chi connectivity index (χ3v) is 3.22. The fourth-order valence-electron chi connectivity index (χ4n) is 1.44. The number of nitrogens with two attached hydrogens (primary N) is 1. The average Bonchev–Trinajstić information content (AvgIpc) is 2.33. The molecule has 1 rings (SSSR count). The van der Waals surface area contributed by atoms with Crippen molar-refractivity contribution >= 4 is 15.7 Å². The molecular formula is C11H16N2O6S. The van der Waals surface area contributed by atoms with Crippen LogP contribution in [-0.2, 0) is 10.0 Å². The van der Waals surface area contributed by atoms with Gasteiger partial charge in [0.15, 0.2) is 11.5 Å². The summed E-state index contributed by atoms with van der Waals surface area (Å²) in [4.78, 5) is 9.64. The fraction of sp³-hybridized carbons (Fsp3) is 0.455. The summed E-state index contributed by atoms with van der Waals surface area (Å²) in [6, 6.07) is 1.95. The zero-order valence-corrected chi connectivity index (χ0v) is 12.1. The molecule has 0 radical (unpaired) electrons. The van der Waals surface area contributed by atoms with Crippen molar-refractivity contribution in [3.05, 3.63) is 22.2 Å². The average molecular weight is 304 g/mol. The van der Waals surface area contributed by atoms with Gasteiger partial charge in [0.2, 0.25) is 10.0 Å². The maximum Gasteiger partial charge on any atom is 0.274 e. The Kier molecular flexibility index (Phi) is 4.90. The van der Waals surface area contributed by atoms with Crippen molar-refractivity contribution < 1.29 is 22.8 Å². The molecule has 0 saturated carbocycles. The molecule has 1 aromatic carbocycles. The minimum Gasteiger partial charge on any atom is -0.492 e. The van der Waals surface area contributed by atoms with Crippen LogP contribution in [-0.4, -0.2) is 27.1 Å². The highest BCUT2D eigenvalue weighted by molar-refractivity contribution is 7.89. The van der Waals surface area contributed by atoms with Crippen molar-refractivity contribution in [2.45, 2.75) is 18.7 Å². The number of non-ortho nitro benzene ring substituents is 1. The summed E-state index contributed by atoms with van der Waals surface area (Å²) in [5.41, 5.74) is -0.436. The van der Waals surface area contributed by atoms with Gasteiger partial charge in [-0.1, -0.05) is 13.8 Å². The van der Waals surface area contributed by atoms with Crippen LogP contribution < -0.4 is 14.6 Å². The van der Waals surface area contributed by atoms with Crippen LogP contribution in [0.3, 0.4) is 0 Å². The number of nitrogens with zero attached hydrogens (tertiary/aromatic N) is 1. The Morgan fingerprint density at radius 3 is 2.40 bits per heavy atom. The minimum absolute atomic E-state index is 0.0283. The van der Waals surface area contributed by atoms with Crippen LogP contribution in [0.1, 0.15) is 13.8 Å². The maximum absolute atomic E-state index is 11.5. The van der Waals surface area contributed by atoms with Gasteiger partial charge >= 0.3 is 0 Å². The monoisotopic (exact) mass is 304 g/mol. The van der Waals surface area contributed by atoms with Crippen LogP contribution >= 0.6 is 0 Å². The standard InChI is InChI=1S/C11H16N2O6S/c1-7(2)6-19-9-4-8(13(14)15)5-10(11(9)18-3)20(12,16)17/h4-5,7H,6H2,1-3H3,(H2,12,16,17). The number of primary sulfonamides is 1. The molecule has 0 spiro atoms. The molecule has 0 aliphatic carbocycles. The number of benzene rings is 1. The summed E-state index contributed by atoms with van der Waals surface area (Å²) >= 11 is 0. The van der Waals surface area contributed by atoms with E-state index in [2.05, 4.69) is 0 Å². The highest BCUT2D eigenvalue weighted by atomic mass is 32.2. The molecule has 2 N–H and O–H groups in total. The number of nitro groups is 1. The SMILES string of the molecule is COc1c(OCC(C)C)cc([N+](=O)[O-])cc1S(N)(=O)=O. The third-order valence-electron chi connectivity index (χ3n) is 2.30. The molecule has 0 heterocycles. The molecule has 0 atom stereocenters. The van der Waals surface area contributed by atoms with Crippen molar-refractivity contribution in [3.63, 3.8) is 0 Å². The van der Waals surface area contributed by atoms with Gasteiger partial charge in [-0.2, -0.15) is 0 Å². The van der Waals surface area contributed by atoms with Gasteiger partial charge in [-0.05, 0) is 5.92 Å². The summed E-state index contributed by atoms with van der Waals surface area (Å²) in [5, 5.41) is 15.9. The number of hydrogen-bond acceptors (Lipinski definition) is 6. The number of ether oxygens (including phenoxy) is 2. The van der Waals surface area contributed by atoms with Gasteiger partial charge < -0.3 is 9.47 Å². The van der Waals surface area contributed by atoms with Crippen LogP contribution in [0.5, 0.6) is 11.5 Å². The number of sulfonamides is 1. The van der Waals surface area contributed by atoms with Crippen molar-refractivity contribution in [1.29, 1.82) is 0 Å². The summed E-state index contributed by atoms with van der Waals surface area (Å²) in [7, 11) is -2.94. The quantitative estimate of drug-likeness (QED) is 0.624. The van der Waals surface area contributed by atoms with E-state index in [0.29, 0.717) is 0 Å². The number of nitro benzene ring substituents is 1. The zero-order chi connectivity index (χ0) is 15.5. The van der Waals surface area contributed by atoms with Gasteiger partial charge in [0.05, 0.1) is 24.7 Å². The highest BCUT2D eigenvalue weighted by Crippen LogP contribution is 2.38. The van der Waals surface area contributed by atoms with Gasteiger partial charge in [-0.15, -0.1) is 0 Å². The highest BCUT2D eigenvalue weighted by Gasteiger charge is 2.25. The zero-order valence-electron chi connectivity index (χ0n) is 11.3. The molecule has 0 aromatic heterocycles. The van der Waals surface area contributed by atoms with E-state index in [-0.39, 0.29) is 24.0 Å². The van der Waals surface area contributed by atoms with E-state index >= 15 is 0 Å². The second kappa shape index (κ2) is 6.06. The Labute approximate surface area is 116 Å². The van der Waals surface area contributed by atoms with Crippen molar-refractivity contribution in [2.75, 3.05) is 13.7 Å². The van der Waals surface area contributed by atoms with E-state index in [0.717, 1.165) is 12.1 Å². The van der Waals surface area contributed by atoms with Gasteiger partial charge in [-0.3, -0.25) is 10.1 Å². The Bertz CT molecular complexity index is 612. The molecule has 112 valence electrons. The van der Waals surface area contributed by atoms with Gasteiger partial charge in [0, 0.05) is 6.07 Å². The first-order chi connectivity index (χ1) is 9.16. The molecule has 0 aliphatic heterocycles. The van der Waals surface area contributed by atoms with E-state index in [1.807, 2.05) is 13.8 Å². The van der Waals surface area contributed by atoms with Crippen molar-refractivity contribution in [1.82, 2.24) is 0 Å². The predicted molar refractivity (Wildman–Crippen MR) is 71.4 cm³/mol. The van der Waals surface area contributed by atoms with Crippen LogP contribution in [0.25, 0.3) is 0 Å². The molecule has 20 heavy (non-hydrogen) atoms. The van der Waals surface area contributed by atoms with Crippen LogP contribution in [0, 0.1) is 16.0 Å². The number of methoxy groups -OCH3 is 1. The van der Waals surface area contributed by atoms with E-state index in [1.54, 1.807) is 0 Å². The minimum atomic E-state index is -4.17. The molecule has 9 heteroatoms. The topological polar surface area (TPSA) is 122 Å². The first kappa shape index (κ1) is 16.2. The summed E-state index contributed by atoms with van der Waals surface area (Å²) < 4.78 is 33.3. The lowest BCUT2D eigenvalue weighted by Crippen LogP contribution is -2.15. The molecule has 0 bridgehead atoms. The molecule has 0 fully saturated rings. The molecule has 0 unspecified atom stereocenters. The van der Waals surface area contributed by atoms with Crippen molar-refractivity contribution in [3.8, 4) is 11.5 Å². The lowest BCUT2D eigenvalue weighted by atomic mass is 10.2. The van der Waals surface area contributed by atoms with Crippen LogP contribution in [0.4, 0.5) is 5.69 Å². The summed E-state index contributed by atoms with van der Waals surface area (Å²) in [5.74, 6) is -0.0184. The second-order valence-corrected chi connectivity index (χ2v) is 6.01. The lowest BCUT2D eigenvalue weighted by molar-refractivity contribution is -0.385. The Morgan fingerprint density at radius 1 is 1.40 bits per heavy atom.